The van der Waals surface area contributed by atoms with Gasteiger partial charge in [-0.1, -0.05) is 0 Å². The molecule has 0 spiro atoms. The molecular weight excluding hydrogens is 388 g/mol. The number of carbonyl (C=O) groups excluding carboxylic acids is 3. The van der Waals surface area contributed by atoms with Crippen LogP contribution in [0.5, 0.6) is 0 Å². The third-order valence-electron chi connectivity index (χ3n) is 4.78. The van der Waals surface area contributed by atoms with Crippen LogP contribution in [0, 0.1) is 0 Å². The molecule has 0 aromatic carbocycles. The van der Waals surface area contributed by atoms with Gasteiger partial charge in [0.1, 0.15) is 11.2 Å². The zero-order valence-electron chi connectivity index (χ0n) is 20.3. The molecule has 0 aromatic rings. The van der Waals surface area contributed by atoms with Crippen molar-refractivity contribution in [3.05, 3.63) is 0 Å². The Hall–Kier alpha value is -1.83. The first-order chi connectivity index (χ1) is 13.2. The topological polar surface area (TPSA) is 96.4 Å². The quantitative estimate of drug-likeness (QED) is 0.631. The normalized spacial score (nSPS) is 23.0. The summed E-state index contributed by atoms with van der Waals surface area (Å²) in [4.78, 5) is 38.0. The molecular formula is C22H40N2O6. The van der Waals surface area contributed by atoms with Crippen molar-refractivity contribution in [2.45, 2.75) is 110 Å². The Morgan fingerprint density at radius 2 is 1.33 bits per heavy atom. The zero-order valence-corrected chi connectivity index (χ0v) is 20.3. The molecule has 2 aliphatic rings. The van der Waals surface area contributed by atoms with Gasteiger partial charge in [0.2, 0.25) is 0 Å². The number of hydrogen-bond acceptors (Lipinski definition) is 6. The lowest BCUT2D eigenvalue weighted by molar-refractivity contribution is -0.117. The van der Waals surface area contributed by atoms with E-state index in [4.69, 9.17) is 9.47 Å². The molecule has 0 aromatic heterocycles. The highest BCUT2D eigenvalue weighted by molar-refractivity contribution is 5.89. The van der Waals surface area contributed by atoms with Gasteiger partial charge in [0, 0.05) is 17.5 Å². The van der Waals surface area contributed by atoms with E-state index in [0.29, 0.717) is 19.4 Å². The Morgan fingerprint density at radius 3 is 1.63 bits per heavy atom. The van der Waals surface area contributed by atoms with E-state index in [-0.39, 0.29) is 24.0 Å². The maximum absolute atomic E-state index is 11.8. The number of likely N-dealkylation sites (tertiary alicyclic amines) is 2. The maximum atomic E-state index is 11.8. The Bertz CT molecular complexity index is 658. The molecule has 2 amide bonds. The van der Waals surface area contributed by atoms with Crippen LogP contribution in [0.25, 0.3) is 0 Å². The Kier molecular flexibility index (Phi) is 7.63. The lowest BCUT2D eigenvalue weighted by Gasteiger charge is -2.33. The van der Waals surface area contributed by atoms with Crippen LogP contribution in [-0.2, 0) is 14.3 Å². The van der Waals surface area contributed by atoms with Gasteiger partial charge in [-0.3, -0.25) is 9.69 Å². The van der Waals surface area contributed by atoms with Gasteiger partial charge in [-0.05, 0) is 75.7 Å². The Morgan fingerprint density at radius 1 is 0.900 bits per heavy atom. The Balaban J connectivity index is 0.000000300. The van der Waals surface area contributed by atoms with E-state index >= 15 is 0 Å². The van der Waals surface area contributed by atoms with E-state index in [1.807, 2.05) is 69.2 Å². The molecule has 0 bridgehead atoms. The molecule has 2 rings (SSSR count). The fourth-order valence-electron chi connectivity index (χ4n) is 3.50. The minimum Gasteiger partial charge on any atom is -0.444 e. The molecule has 1 N–H and O–H groups in total. The van der Waals surface area contributed by atoms with Crippen LogP contribution in [-0.4, -0.2) is 74.3 Å². The van der Waals surface area contributed by atoms with E-state index in [2.05, 4.69) is 0 Å². The van der Waals surface area contributed by atoms with Crippen LogP contribution < -0.4 is 0 Å². The first-order valence-electron chi connectivity index (χ1n) is 10.4. The average Bonchev–Trinajstić information content (AvgIpc) is 2.89. The third kappa shape index (κ3) is 7.78. The highest BCUT2D eigenvalue weighted by Gasteiger charge is 2.43. The molecule has 2 saturated heterocycles. The smallest absolute Gasteiger partial charge is 0.411 e. The van der Waals surface area contributed by atoms with E-state index in [1.54, 1.807) is 4.90 Å². The maximum Gasteiger partial charge on any atom is 0.411 e. The summed E-state index contributed by atoms with van der Waals surface area (Å²) in [6.45, 7) is 19.1. The van der Waals surface area contributed by atoms with Gasteiger partial charge in [0.25, 0.3) is 0 Å². The Labute approximate surface area is 180 Å². The summed E-state index contributed by atoms with van der Waals surface area (Å²) >= 11 is 0. The lowest BCUT2D eigenvalue weighted by Crippen LogP contribution is -2.45. The van der Waals surface area contributed by atoms with Crippen LogP contribution in [0.2, 0.25) is 0 Å². The lowest BCUT2D eigenvalue weighted by atomic mass is 10.0. The van der Waals surface area contributed by atoms with Crippen molar-refractivity contribution < 1.29 is 29.0 Å². The average molecular weight is 429 g/mol. The van der Waals surface area contributed by atoms with Crippen molar-refractivity contribution in [1.29, 1.82) is 0 Å². The summed E-state index contributed by atoms with van der Waals surface area (Å²) in [7, 11) is 0. The number of carbonyl (C=O) groups is 3. The summed E-state index contributed by atoms with van der Waals surface area (Å²) in [6, 6.07) is 0. The van der Waals surface area contributed by atoms with Crippen LogP contribution in [0.4, 0.5) is 9.59 Å². The van der Waals surface area contributed by atoms with Crippen molar-refractivity contribution in [2.75, 3.05) is 13.1 Å². The first-order valence-corrected chi connectivity index (χ1v) is 10.4. The van der Waals surface area contributed by atoms with Gasteiger partial charge < -0.3 is 19.5 Å². The van der Waals surface area contributed by atoms with Crippen LogP contribution in [0.15, 0.2) is 0 Å². The second-order valence-corrected chi connectivity index (χ2v) is 11.4. The molecule has 0 radical (unpaired) electrons. The second kappa shape index (κ2) is 8.73. The van der Waals surface area contributed by atoms with E-state index in [9.17, 15) is 19.5 Å². The minimum atomic E-state index is -0.515. The number of amides is 2. The second-order valence-electron chi connectivity index (χ2n) is 11.4. The number of aliphatic hydroxyl groups excluding tert-OH is 1. The zero-order chi connectivity index (χ0) is 23.7. The highest BCUT2D eigenvalue weighted by atomic mass is 16.6. The number of ketones is 1. The van der Waals surface area contributed by atoms with Crippen molar-refractivity contribution in [3.63, 3.8) is 0 Å². The number of ether oxygens (including phenoxy) is 2. The van der Waals surface area contributed by atoms with Gasteiger partial charge in [0.05, 0.1) is 19.2 Å². The van der Waals surface area contributed by atoms with Gasteiger partial charge in [-0.25, -0.2) is 9.59 Å². The molecule has 2 fully saturated rings. The molecule has 2 heterocycles. The number of rotatable bonds is 0. The monoisotopic (exact) mass is 428 g/mol. The predicted octanol–water partition coefficient (Wildman–Crippen LogP) is 3.74. The molecule has 8 heteroatoms. The van der Waals surface area contributed by atoms with Gasteiger partial charge in [-0.15, -0.1) is 0 Å². The number of nitrogens with zero attached hydrogens (tertiary/aromatic N) is 2. The number of Topliss-reactive ketones (excluding diaryl/α,β-unsaturated/α-hetero) is 1. The van der Waals surface area contributed by atoms with Crippen molar-refractivity contribution in [2.24, 2.45) is 0 Å². The third-order valence-corrected chi connectivity index (χ3v) is 4.78. The summed E-state index contributed by atoms with van der Waals surface area (Å²) in [5.41, 5.74) is -1.74. The standard InChI is InChI=1S/C11H21NO3.C11H19NO3/c2*1-10(2,3)15-9(14)12-7-8(13)6-11(12,4)5/h8,13H,6-7H2,1-5H3;6-7H2,1-5H3. The number of aliphatic hydroxyl groups is 1. The van der Waals surface area contributed by atoms with E-state index in [1.165, 1.54) is 4.90 Å². The molecule has 1 atom stereocenters. The first kappa shape index (κ1) is 26.2. The van der Waals surface area contributed by atoms with Crippen molar-refractivity contribution in [3.8, 4) is 0 Å². The van der Waals surface area contributed by atoms with Gasteiger partial charge in [-0.2, -0.15) is 0 Å². The molecule has 0 saturated carbocycles. The molecule has 174 valence electrons. The summed E-state index contributed by atoms with van der Waals surface area (Å²) < 4.78 is 10.5. The SMILES string of the molecule is CC(C)(C)OC(=O)N1CC(=O)CC1(C)C.CC(C)(C)OC(=O)N1CC(O)CC1(C)C. The number of hydrogen-bond donors (Lipinski definition) is 1. The summed E-state index contributed by atoms with van der Waals surface area (Å²) in [6.07, 6.45) is -0.173. The molecule has 1 unspecified atom stereocenters. The predicted molar refractivity (Wildman–Crippen MR) is 114 cm³/mol. The minimum absolute atomic E-state index is 0.0888. The molecule has 30 heavy (non-hydrogen) atoms. The summed E-state index contributed by atoms with van der Waals surface area (Å²) in [5, 5.41) is 9.53. The summed E-state index contributed by atoms with van der Waals surface area (Å²) in [5.74, 6) is 0.0888. The fraction of sp³-hybridized carbons (Fsp3) is 0.864. The van der Waals surface area contributed by atoms with Crippen LogP contribution in [0.1, 0.15) is 82.1 Å². The van der Waals surface area contributed by atoms with Gasteiger partial charge >= 0.3 is 12.2 Å². The van der Waals surface area contributed by atoms with Gasteiger partial charge in [0.15, 0.2) is 5.78 Å². The van der Waals surface area contributed by atoms with Crippen molar-refractivity contribution >= 4 is 18.0 Å². The van der Waals surface area contributed by atoms with Crippen LogP contribution >= 0.6 is 0 Å². The highest BCUT2D eigenvalue weighted by Crippen LogP contribution is 2.30. The fourth-order valence-corrected chi connectivity index (χ4v) is 3.50. The largest absolute Gasteiger partial charge is 0.444 e. The molecule has 0 aliphatic carbocycles. The van der Waals surface area contributed by atoms with E-state index in [0.717, 1.165) is 0 Å². The van der Waals surface area contributed by atoms with Crippen LogP contribution in [0.3, 0.4) is 0 Å². The van der Waals surface area contributed by atoms with E-state index < -0.39 is 28.9 Å². The molecule has 2 aliphatic heterocycles. The molecule has 8 nitrogen and oxygen atoms in total. The van der Waals surface area contributed by atoms with Crippen molar-refractivity contribution in [1.82, 2.24) is 9.80 Å². The number of β-amino-alcohol motifs (C(OH)–C–C–N with tert-alkyl or cyclic N) is 1.